The summed E-state index contributed by atoms with van der Waals surface area (Å²) in [5, 5.41) is 11.6. The fourth-order valence-corrected chi connectivity index (χ4v) is 2.26. The van der Waals surface area contributed by atoms with Gasteiger partial charge in [0.15, 0.2) is 0 Å². The normalized spacial score (nSPS) is 18.4. The lowest BCUT2D eigenvalue weighted by Gasteiger charge is -2.43. The van der Waals surface area contributed by atoms with Crippen molar-refractivity contribution in [3.8, 4) is 0 Å². The summed E-state index contributed by atoms with van der Waals surface area (Å²) in [4.78, 5) is 13.2. The summed E-state index contributed by atoms with van der Waals surface area (Å²) in [6, 6.07) is 2.17. The summed E-state index contributed by atoms with van der Waals surface area (Å²) in [7, 11) is 0. The van der Waals surface area contributed by atoms with Crippen LogP contribution in [0.3, 0.4) is 0 Å². The van der Waals surface area contributed by atoms with Crippen molar-refractivity contribution in [2.75, 3.05) is 18.0 Å². The Bertz CT molecular complexity index is 494. The Morgan fingerprint density at radius 1 is 1.37 bits per heavy atom. The van der Waals surface area contributed by atoms with Crippen molar-refractivity contribution in [3.63, 3.8) is 0 Å². The van der Waals surface area contributed by atoms with Crippen LogP contribution in [0, 0.1) is 11.6 Å². The molecule has 1 amide bonds. The molecule has 19 heavy (non-hydrogen) atoms. The molecule has 0 unspecified atom stereocenters. The molecule has 1 aromatic carbocycles. The van der Waals surface area contributed by atoms with Gasteiger partial charge in [-0.25, -0.2) is 8.78 Å². The number of aliphatic hydroxyl groups excluding tert-OH is 1. The Hall–Kier alpha value is -1.69. The zero-order valence-corrected chi connectivity index (χ0v) is 10.8. The second-order valence-corrected chi connectivity index (χ2v) is 5.03. The van der Waals surface area contributed by atoms with Crippen LogP contribution in [0.1, 0.15) is 19.4 Å². The highest BCUT2D eigenvalue weighted by Crippen LogP contribution is 2.31. The Kier molecular flexibility index (Phi) is 3.45. The number of halogens is 2. The van der Waals surface area contributed by atoms with Gasteiger partial charge in [-0.05, 0) is 31.5 Å². The van der Waals surface area contributed by atoms with Gasteiger partial charge in [-0.3, -0.25) is 4.79 Å². The van der Waals surface area contributed by atoms with Gasteiger partial charge >= 0.3 is 0 Å². The van der Waals surface area contributed by atoms with Gasteiger partial charge in [0.25, 0.3) is 0 Å². The first kappa shape index (κ1) is 13.7. The maximum atomic E-state index is 14.0. The first-order valence-electron chi connectivity index (χ1n) is 6.02. The van der Waals surface area contributed by atoms with E-state index < -0.39 is 23.8 Å². The molecule has 0 aliphatic carbocycles. The standard InChI is InChI=1S/C13H16F2N2O2/c1-13(2)12(19)16-3-4-17(13)11-9(14)5-8(7-18)6-10(11)15/h5-6,18H,3-4,7H2,1-2H3,(H,16,19). The van der Waals surface area contributed by atoms with Gasteiger partial charge in [-0.15, -0.1) is 0 Å². The number of nitrogens with one attached hydrogen (secondary N) is 1. The van der Waals surface area contributed by atoms with Crippen LogP contribution in [-0.4, -0.2) is 29.6 Å². The molecule has 2 N–H and O–H groups in total. The number of hydrogen-bond donors (Lipinski definition) is 2. The minimum absolute atomic E-state index is 0.165. The molecule has 6 heteroatoms. The number of carbonyl (C=O) groups excluding carboxylic acids is 1. The Labute approximate surface area is 110 Å². The van der Waals surface area contributed by atoms with Gasteiger partial charge in [0, 0.05) is 13.1 Å². The average molecular weight is 270 g/mol. The number of nitrogens with zero attached hydrogens (tertiary/aromatic N) is 1. The molecule has 1 saturated heterocycles. The SMILES string of the molecule is CC1(C)C(=O)NCCN1c1c(F)cc(CO)cc1F. The molecular formula is C13H16F2N2O2. The third-order valence-corrected chi connectivity index (χ3v) is 3.38. The van der Waals surface area contributed by atoms with E-state index in [0.29, 0.717) is 13.1 Å². The maximum absolute atomic E-state index is 14.0. The van der Waals surface area contributed by atoms with E-state index in [0.717, 1.165) is 12.1 Å². The Balaban J connectivity index is 2.49. The molecule has 1 aromatic rings. The van der Waals surface area contributed by atoms with E-state index in [9.17, 15) is 13.6 Å². The van der Waals surface area contributed by atoms with Gasteiger partial charge in [0.2, 0.25) is 5.91 Å². The third kappa shape index (κ3) is 2.28. The second-order valence-electron chi connectivity index (χ2n) is 5.03. The number of carbonyl (C=O) groups is 1. The largest absolute Gasteiger partial charge is 0.392 e. The number of piperazine rings is 1. The molecule has 104 valence electrons. The van der Waals surface area contributed by atoms with Crippen LogP contribution in [0.4, 0.5) is 14.5 Å². The van der Waals surface area contributed by atoms with Crippen molar-refractivity contribution >= 4 is 11.6 Å². The Morgan fingerprint density at radius 2 is 1.95 bits per heavy atom. The lowest BCUT2D eigenvalue weighted by atomic mass is 9.97. The number of rotatable bonds is 2. The van der Waals surface area contributed by atoms with Crippen LogP contribution < -0.4 is 10.2 Å². The molecule has 0 saturated carbocycles. The monoisotopic (exact) mass is 270 g/mol. The first-order chi connectivity index (χ1) is 8.87. The van der Waals surface area contributed by atoms with Crippen LogP contribution in [0.2, 0.25) is 0 Å². The summed E-state index contributed by atoms with van der Waals surface area (Å²) in [5.41, 5.74) is -1.09. The van der Waals surface area contributed by atoms with Crippen LogP contribution >= 0.6 is 0 Å². The maximum Gasteiger partial charge on any atom is 0.245 e. The van der Waals surface area contributed by atoms with E-state index in [1.165, 1.54) is 4.90 Å². The molecule has 1 fully saturated rings. The zero-order chi connectivity index (χ0) is 14.2. The lowest BCUT2D eigenvalue weighted by Crippen LogP contribution is -2.62. The summed E-state index contributed by atoms with van der Waals surface area (Å²) in [6.07, 6.45) is 0. The van der Waals surface area contributed by atoms with E-state index in [4.69, 9.17) is 5.11 Å². The van der Waals surface area contributed by atoms with Gasteiger partial charge in [-0.2, -0.15) is 0 Å². The molecule has 0 spiro atoms. The van der Waals surface area contributed by atoms with Crippen molar-refractivity contribution in [1.82, 2.24) is 5.32 Å². The minimum Gasteiger partial charge on any atom is -0.392 e. The van der Waals surface area contributed by atoms with Gasteiger partial charge in [0.1, 0.15) is 22.9 Å². The highest BCUT2D eigenvalue weighted by molar-refractivity contribution is 5.90. The van der Waals surface area contributed by atoms with Crippen molar-refractivity contribution in [1.29, 1.82) is 0 Å². The quantitative estimate of drug-likeness (QED) is 0.848. The van der Waals surface area contributed by atoms with Crippen LogP contribution in [0.15, 0.2) is 12.1 Å². The smallest absolute Gasteiger partial charge is 0.245 e. The van der Waals surface area contributed by atoms with E-state index in [1.54, 1.807) is 13.8 Å². The number of aliphatic hydroxyl groups is 1. The lowest BCUT2D eigenvalue weighted by molar-refractivity contribution is -0.126. The van der Waals surface area contributed by atoms with Crippen molar-refractivity contribution in [2.24, 2.45) is 0 Å². The van der Waals surface area contributed by atoms with Crippen molar-refractivity contribution in [2.45, 2.75) is 26.0 Å². The summed E-state index contributed by atoms with van der Waals surface area (Å²) in [6.45, 7) is 3.45. The predicted octanol–water partition coefficient (Wildman–Crippen LogP) is 1.17. The van der Waals surface area contributed by atoms with E-state index >= 15 is 0 Å². The minimum atomic E-state index is -1.03. The van der Waals surface area contributed by atoms with E-state index in [2.05, 4.69) is 5.32 Å². The van der Waals surface area contributed by atoms with E-state index in [-0.39, 0.29) is 17.2 Å². The molecule has 0 bridgehead atoms. The topological polar surface area (TPSA) is 52.6 Å². The van der Waals surface area contributed by atoms with Crippen molar-refractivity contribution in [3.05, 3.63) is 29.3 Å². The third-order valence-electron chi connectivity index (χ3n) is 3.38. The van der Waals surface area contributed by atoms with Gasteiger partial charge in [0.05, 0.1) is 6.61 Å². The molecular weight excluding hydrogens is 254 g/mol. The average Bonchev–Trinajstić information content (AvgIpc) is 2.33. The number of amides is 1. The molecule has 0 atom stereocenters. The fraction of sp³-hybridized carbons (Fsp3) is 0.462. The summed E-state index contributed by atoms with van der Waals surface area (Å²) in [5.74, 6) is -1.82. The predicted molar refractivity (Wildman–Crippen MR) is 66.7 cm³/mol. The van der Waals surface area contributed by atoms with Crippen LogP contribution in [0.25, 0.3) is 0 Å². The number of hydrogen-bond acceptors (Lipinski definition) is 3. The van der Waals surface area contributed by atoms with Crippen molar-refractivity contribution < 1.29 is 18.7 Å². The van der Waals surface area contributed by atoms with E-state index in [1.807, 2.05) is 0 Å². The molecule has 2 rings (SSSR count). The highest BCUT2D eigenvalue weighted by Gasteiger charge is 2.40. The summed E-state index contributed by atoms with van der Waals surface area (Å²) < 4.78 is 28.1. The Morgan fingerprint density at radius 3 is 2.47 bits per heavy atom. The number of benzene rings is 1. The first-order valence-corrected chi connectivity index (χ1v) is 6.02. The van der Waals surface area contributed by atoms with Gasteiger partial charge < -0.3 is 15.3 Å². The fourth-order valence-electron chi connectivity index (χ4n) is 2.26. The molecule has 1 aliphatic rings. The van der Waals surface area contributed by atoms with Crippen LogP contribution in [-0.2, 0) is 11.4 Å². The summed E-state index contributed by atoms with van der Waals surface area (Å²) >= 11 is 0. The van der Waals surface area contributed by atoms with Gasteiger partial charge in [-0.1, -0.05) is 0 Å². The second kappa shape index (κ2) is 4.77. The zero-order valence-electron chi connectivity index (χ0n) is 10.8. The highest BCUT2D eigenvalue weighted by atomic mass is 19.1. The number of anilines is 1. The molecule has 1 aliphatic heterocycles. The molecule has 0 radical (unpaired) electrons. The van der Waals surface area contributed by atoms with Crippen LogP contribution in [0.5, 0.6) is 0 Å². The molecule has 4 nitrogen and oxygen atoms in total. The molecule has 0 aromatic heterocycles. The molecule has 1 heterocycles.